The molecule has 0 bridgehead atoms. The van der Waals surface area contributed by atoms with E-state index in [4.69, 9.17) is 4.74 Å². The van der Waals surface area contributed by atoms with Crippen molar-refractivity contribution < 1.29 is 9.84 Å². The fourth-order valence-corrected chi connectivity index (χ4v) is 1.78. The molecule has 0 unspecified atom stereocenters. The van der Waals surface area contributed by atoms with Crippen LogP contribution in [-0.2, 0) is 6.42 Å². The molecule has 0 aliphatic heterocycles. The molecule has 1 N–H and O–H groups in total. The van der Waals surface area contributed by atoms with E-state index < -0.39 is 5.60 Å². The lowest BCUT2D eigenvalue weighted by Gasteiger charge is -2.14. The SMILES string of the molecule is CCc1ccc(OC)c(/C=C/CCC(C)(C)O)c1. The maximum absolute atomic E-state index is 9.64. The monoisotopic (exact) mass is 248 g/mol. The largest absolute Gasteiger partial charge is 0.496 e. The highest BCUT2D eigenvalue weighted by molar-refractivity contribution is 5.58. The molecule has 0 fully saturated rings. The van der Waals surface area contributed by atoms with E-state index in [9.17, 15) is 5.11 Å². The number of benzene rings is 1. The second-order valence-electron chi connectivity index (χ2n) is 5.18. The third-order valence-corrected chi connectivity index (χ3v) is 2.92. The average molecular weight is 248 g/mol. The van der Waals surface area contributed by atoms with E-state index in [1.165, 1.54) is 5.56 Å². The van der Waals surface area contributed by atoms with Crippen molar-refractivity contribution >= 4 is 6.08 Å². The summed E-state index contributed by atoms with van der Waals surface area (Å²) in [7, 11) is 1.69. The van der Waals surface area contributed by atoms with Gasteiger partial charge in [0, 0.05) is 5.56 Å². The van der Waals surface area contributed by atoms with Gasteiger partial charge < -0.3 is 9.84 Å². The summed E-state index contributed by atoms with van der Waals surface area (Å²) in [4.78, 5) is 0. The van der Waals surface area contributed by atoms with Gasteiger partial charge in [0.1, 0.15) is 5.75 Å². The summed E-state index contributed by atoms with van der Waals surface area (Å²) in [5, 5.41) is 9.64. The van der Waals surface area contributed by atoms with Crippen molar-refractivity contribution in [2.24, 2.45) is 0 Å². The van der Waals surface area contributed by atoms with Crippen LogP contribution in [0.15, 0.2) is 24.3 Å². The smallest absolute Gasteiger partial charge is 0.126 e. The topological polar surface area (TPSA) is 29.5 Å². The molecule has 0 saturated heterocycles. The lowest BCUT2D eigenvalue weighted by atomic mass is 10.0. The van der Waals surface area contributed by atoms with Gasteiger partial charge in [-0.1, -0.05) is 25.1 Å². The molecule has 0 atom stereocenters. The number of rotatable bonds is 6. The first-order valence-electron chi connectivity index (χ1n) is 6.52. The first-order valence-corrected chi connectivity index (χ1v) is 6.52. The van der Waals surface area contributed by atoms with Gasteiger partial charge >= 0.3 is 0 Å². The van der Waals surface area contributed by atoms with Crippen LogP contribution < -0.4 is 4.74 Å². The maximum atomic E-state index is 9.64. The van der Waals surface area contributed by atoms with Crippen LogP contribution in [0, 0.1) is 0 Å². The van der Waals surface area contributed by atoms with Crippen LogP contribution in [-0.4, -0.2) is 17.8 Å². The fraction of sp³-hybridized carbons (Fsp3) is 0.500. The van der Waals surface area contributed by atoms with E-state index in [1.807, 2.05) is 19.9 Å². The Balaban J connectivity index is 2.72. The number of hydrogen-bond donors (Lipinski definition) is 1. The van der Waals surface area contributed by atoms with E-state index in [1.54, 1.807) is 7.11 Å². The van der Waals surface area contributed by atoms with Crippen molar-refractivity contribution in [2.75, 3.05) is 7.11 Å². The fourth-order valence-electron chi connectivity index (χ4n) is 1.78. The van der Waals surface area contributed by atoms with Gasteiger partial charge in [-0.05, 0) is 50.8 Å². The third-order valence-electron chi connectivity index (χ3n) is 2.92. The Labute approximate surface area is 110 Å². The Hall–Kier alpha value is -1.28. The van der Waals surface area contributed by atoms with Gasteiger partial charge in [-0.25, -0.2) is 0 Å². The van der Waals surface area contributed by atoms with Crippen molar-refractivity contribution in [1.82, 2.24) is 0 Å². The highest BCUT2D eigenvalue weighted by atomic mass is 16.5. The van der Waals surface area contributed by atoms with Gasteiger partial charge in [0.2, 0.25) is 0 Å². The van der Waals surface area contributed by atoms with Gasteiger partial charge in [0.25, 0.3) is 0 Å². The van der Waals surface area contributed by atoms with Crippen LogP contribution in [0.2, 0.25) is 0 Å². The molecule has 1 rings (SSSR count). The predicted molar refractivity (Wildman–Crippen MR) is 76.9 cm³/mol. The van der Waals surface area contributed by atoms with Crippen LogP contribution in [0.4, 0.5) is 0 Å². The number of ether oxygens (including phenoxy) is 1. The zero-order valence-corrected chi connectivity index (χ0v) is 11.9. The van der Waals surface area contributed by atoms with E-state index in [0.29, 0.717) is 0 Å². The second kappa shape index (κ2) is 6.60. The molecule has 0 aliphatic carbocycles. The van der Waals surface area contributed by atoms with Crippen LogP contribution in [0.5, 0.6) is 5.75 Å². The molecule has 0 saturated carbocycles. The van der Waals surface area contributed by atoms with Gasteiger partial charge in [0.05, 0.1) is 12.7 Å². The number of allylic oxidation sites excluding steroid dienone is 1. The van der Waals surface area contributed by atoms with E-state index in [0.717, 1.165) is 30.6 Å². The number of hydrogen-bond acceptors (Lipinski definition) is 2. The molecule has 18 heavy (non-hydrogen) atoms. The molecule has 0 heterocycles. The van der Waals surface area contributed by atoms with Gasteiger partial charge in [-0.3, -0.25) is 0 Å². The molecular formula is C16H24O2. The van der Waals surface area contributed by atoms with E-state index in [-0.39, 0.29) is 0 Å². The van der Waals surface area contributed by atoms with Gasteiger partial charge in [0.15, 0.2) is 0 Å². The lowest BCUT2D eigenvalue weighted by molar-refractivity contribution is 0.0722. The minimum Gasteiger partial charge on any atom is -0.496 e. The van der Waals surface area contributed by atoms with Crippen LogP contribution >= 0.6 is 0 Å². The minimum atomic E-state index is -0.598. The molecule has 100 valence electrons. The maximum Gasteiger partial charge on any atom is 0.126 e. The van der Waals surface area contributed by atoms with Gasteiger partial charge in [-0.15, -0.1) is 0 Å². The average Bonchev–Trinajstić information content (AvgIpc) is 2.33. The third kappa shape index (κ3) is 4.92. The molecular weight excluding hydrogens is 224 g/mol. The van der Waals surface area contributed by atoms with Crippen molar-refractivity contribution in [3.63, 3.8) is 0 Å². The number of aryl methyl sites for hydroxylation is 1. The minimum absolute atomic E-state index is 0.598. The first-order chi connectivity index (χ1) is 8.46. The lowest BCUT2D eigenvalue weighted by Crippen LogP contribution is -2.17. The zero-order valence-electron chi connectivity index (χ0n) is 11.9. The molecule has 0 aliphatic rings. The highest BCUT2D eigenvalue weighted by Crippen LogP contribution is 2.22. The summed E-state index contributed by atoms with van der Waals surface area (Å²) < 4.78 is 5.34. The van der Waals surface area contributed by atoms with Crippen LogP contribution in [0.25, 0.3) is 6.08 Å². The molecule has 2 heteroatoms. The van der Waals surface area contributed by atoms with Crippen molar-refractivity contribution in [2.45, 2.75) is 45.6 Å². The molecule has 1 aromatic carbocycles. The van der Waals surface area contributed by atoms with Crippen molar-refractivity contribution in [3.8, 4) is 5.75 Å². The molecule has 2 nitrogen and oxygen atoms in total. The molecule has 0 spiro atoms. The summed E-state index contributed by atoms with van der Waals surface area (Å²) in [6, 6.07) is 6.25. The van der Waals surface area contributed by atoms with Crippen LogP contribution in [0.1, 0.15) is 44.7 Å². The first kappa shape index (κ1) is 14.8. The highest BCUT2D eigenvalue weighted by Gasteiger charge is 2.10. The predicted octanol–water partition coefficient (Wildman–Crippen LogP) is 3.82. The van der Waals surface area contributed by atoms with Gasteiger partial charge in [-0.2, -0.15) is 0 Å². The summed E-state index contributed by atoms with van der Waals surface area (Å²) in [6.07, 6.45) is 6.82. The molecule has 0 amide bonds. The molecule has 1 aromatic rings. The molecule has 0 aromatic heterocycles. The van der Waals surface area contributed by atoms with Crippen LogP contribution in [0.3, 0.4) is 0 Å². The van der Waals surface area contributed by atoms with Crippen molar-refractivity contribution in [3.05, 3.63) is 35.4 Å². The Morgan fingerprint density at radius 1 is 1.33 bits per heavy atom. The zero-order chi connectivity index (χ0) is 13.6. The van der Waals surface area contributed by atoms with Crippen molar-refractivity contribution in [1.29, 1.82) is 0 Å². The Morgan fingerprint density at radius 3 is 2.61 bits per heavy atom. The van der Waals surface area contributed by atoms with E-state index >= 15 is 0 Å². The quantitative estimate of drug-likeness (QED) is 0.829. The molecule has 0 radical (unpaired) electrons. The summed E-state index contributed by atoms with van der Waals surface area (Å²) in [6.45, 7) is 5.81. The Kier molecular flexibility index (Phi) is 5.42. The van der Waals surface area contributed by atoms with E-state index in [2.05, 4.69) is 31.2 Å². The Bertz CT molecular complexity index is 400. The Morgan fingerprint density at radius 2 is 2.06 bits per heavy atom. The summed E-state index contributed by atoms with van der Waals surface area (Å²) >= 11 is 0. The normalized spacial score (nSPS) is 12.1. The number of aliphatic hydroxyl groups is 1. The second-order valence-corrected chi connectivity index (χ2v) is 5.18. The summed E-state index contributed by atoms with van der Waals surface area (Å²) in [5.74, 6) is 0.895. The number of methoxy groups -OCH3 is 1. The standard InChI is InChI=1S/C16H24O2/c1-5-13-9-10-15(18-4)14(12-13)8-6-7-11-16(2,3)17/h6,8-10,12,17H,5,7,11H2,1-4H3/b8-6+. The summed E-state index contributed by atoms with van der Waals surface area (Å²) in [5.41, 5.74) is 1.81.